The molecule has 0 radical (unpaired) electrons. The number of imidazole rings is 1. The van der Waals surface area contributed by atoms with Crippen molar-refractivity contribution in [2.45, 2.75) is 20.1 Å². The van der Waals surface area contributed by atoms with Gasteiger partial charge in [-0.2, -0.15) is 0 Å². The van der Waals surface area contributed by atoms with Crippen LogP contribution in [0.4, 0.5) is 0 Å². The summed E-state index contributed by atoms with van der Waals surface area (Å²) in [6, 6.07) is 0. The van der Waals surface area contributed by atoms with Gasteiger partial charge < -0.3 is 17.5 Å². The molecular formula is C7H13ClN2O. The van der Waals surface area contributed by atoms with E-state index >= 15 is 0 Å². The molecule has 11 heavy (non-hydrogen) atoms. The van der Waals surface area contributed by atoms with E-state index in [0.717, 1.165) is 5.82 Å². The van der Waals surface area contributed by atoms with Crippen molar-refractivity contribution in [1.29, 1.82) is 0 Å². The minimum absolute atomic E-state index is 0. The Labute approximate surface area is 72.7 Å². The lowest BCUT2D eigenvalue weighted by molar-refractivity contribution is -0.760. The SMILES string of the molecule is Cc1n(C)cc[n+]1C(C)O.[Cl-]. The van der Waals surface area contributed by atoms with E-state index in [1.807, 2.05) is 30.9 Å². The maximum atomic E-state index is 9.17. The normalized spacial score (nSPS) is 12.4. The predicted octanol–water partition coefficient (Wildman–Crippen LogP) is -2.86. The molecule has 0 bridgehead atoms. The number of aliphatic hydroxyl groups is 1. The standard InChI is InChI=1S/C7H13N2O.ClH/c1-6-8(3)4-5-9(6)7(2)10;/h4-5,7,10H,1-3H3;1H/q+1;/p-1. The van der Waals surface area contributed by atoms with Crippen molar-refractivity contribution in [3.8, 4) is 0 Å². The van der Waals surface area contributed by atoms with E-state index in [-0.39, 0.29) is 12.4 Å². The summed E-state index contributed by atoms with van der Waals surface area (Å²) in [5.74, 6) is 1.05. The van der Waals surface area contributed by atoms with Gasteiger partial charge in [0.25, 0.3) is 5.82 Å². The van der Waals surface area contributed by atoms with Crippen LogP contribution in [-0.2, 0) is 7.05 Å². The number of nitrogens with zero attached hydrogens (tertiary/aromatic N) is 2. The predicted molar refractivity (Wildman–Crippen MR) is 37.3 cm³/mol. The highest BCUT2D eigenvalue weighted by Gasteiger charge is 2.11. The maximum absolute atomic E-state index is 9.17. The minimum atomic E-state index is -0.429. The molecule has 0 aromatic carbocycles. The minimum Gasteiger partial charge on any atom is -1.00 e. The molecule has 0 saturated carbocycles. The lowest BCUT2D eigenvalue weighted by atomic mass is 10.6. The fourth-order valence-corrected chi connectivity index (χ4v) is 0.965. The number of aryl methyl sites for hydroxylation is 1. The first-order chi connectivity index (χ1) is 4.63. The fraction of sp³-hybridized carbons (Fsp3) is 0.571. The van der Waals surface area contributed by atoms with Gasteiger partial charge in [-0.15, -0.1) is 0 Å². The first kappa shape index (κ1) is 10.5. The van der Waals surface area contributed by atoms with Gasteiger partial charge in [0, 0.05) is 13.8 Å². The summed E-state index contributed by atoms with van der Waals surface area (Å²) in [5.41, 5.74) is 0. The van der Waals surface area contributed by atoms with E-state index < -0.39 is 6.23 Å². The van der Waals surface area contributed by atoms with Crippen LogP contribution < -0.4 is 17.0 Å². The van der Waals surface area contributed by atoms with Gasteiger partial charge >= 0.3 is 0 Å². The monoisotopic (exact) mass is 176 g/mol. The number of aromatic nitrogens is 2. The molecule has 1 aromatic heterocycles. The summed E-state index contributed by atoms with van der Waals surface area (Å²) in [5, 5.41) is 9.17. The molecule has 0 spiro atoms. The largest absolute Gasteiger partial charge is 1.00 e. The highest BCUT2D eigenvalue weighted by atomic mass is 35.5. The van der Waals surface area contributed by atoms with Gasteiger partial charge in [0.05, 0.1) is 7.05 Å². The quantitative estimate of drug-likeness (QED) is 0.459. The average Bonchev–Trinajstić information content (AvgIpc) is 2.14. The second kappa shape index (κ2) is 3.74. The molecule has 1 aromatic rings. The van der Waals surface area contributed by atoms with Crippen LogP contribution in [-0.4, -0.2) is 9.67 Å². The van der Waals surface area contributed by atoms with Crippen molar-refractivity contribution in [1.82, 2.24) is 4.57 Å². The van der Waals surface area contributed by atoms with Gasteiger partial charge in [0.15, 0.2) is 6.23 Å². The Balaban J connectivity index is 0.000001000. The molecule has 0 amide bonds. The molecule has 1 heterocycles. The van der Waals surface area contributed by atoms with Crippen molar-refractivity contribution in [2.24, 2.45) is 7.05 Å². The summed E-state index contributed by atoms with van der Waals surface area (Å²) in [6.45, 7) is 3.71. The third-order valence-electron chi connectivity index (χ3n) is 1.74. The van der Waals surface area contributed by atoms with E-state index in [0.29, 0.717) is 0 Å². The molecule has 1 rings (SSSR count). The Morgan fingerprint density at radius 1 is 1.64 bits per heavy atom. The fourth-order valence-electron chi connectivity index (χ4n) is 0.965. The highest BCUT2D eigenvalue weighted by Crippen LogP contribution is 1.93. The summed E-state index contributed by atoms with van der Waals surface area (Å²) >= 11 is 0. The van der Waals surface area contributed by atoms with Crippen LogP contribution >= 0.6 is 0 Å². The van der Waals surface area contributed by atoms with Gasteiger partial charge in [-0.25, -0.2) is 9.13 Å². The van der Waals surface area contributed by atoms with Crippen molar-refractivity contribution in [3.63, 3.8) is 0 Å². The van der Waals surface area contributed by atoms with Crippen molar-refractivity contribution in [2.75, 3.05) is 0 Å². The van der Waals surface area contributed by atoms with Crippen molar-refractivity contribution in [3.05, 3.63) is 18.2 Å². The molecule has 1 N–H and O–H groups in total. The van der Waals surface area contributed by atoms with Crippen LogP contribution in [0.5, 0.6) is 0 Å². The molecular weight excluding hydrogens is 164 g/mol. The van der Waals surface area contributed by atoms with Crippen LogP contribution in [0.15, 0.2) is 12.4 Å². The molecule has 0 saturated heterocycles. The average molecular weight is 177 g/mol. The van der Waals surface area contributed by atoms with E-state index in [2.05, 4.69) is 0 Å². The Morgan fingerprint density at radius 2 is 2.18 bits per heavy atom. The molecule has 0 aliphatic rings. The van der Waals surface area contributed by atoms with Gasteiger partial charge in [0.2, 0.25) is 0 Å². The molecule has 64 valence electrons. The number of aliphatic hydroxyl groups excluding tert-OH is 1. The topological polar surface area (TPSA) is 29.0 Å². The Morgan fingerprint density at radius 3 is 2.36 bits per heavy atom. The van der Waals surface area contributed by atoms with Gasteiger partial charge in [-0.1, -0.05) is 0 Å². The molecule has 3 nitrogen and oxygen atoms in total. The lowest BCUT2D eigenvalue weighted by Crippen LogP contribution is -3.00. The second-order valence-electron chi connectivity index (χ2n) is 2.50. The van der Waals surface area contributed by atoms with Crippen LogP contribution in [0.1, 0.15) is 19.0 Å². The zero-order valence-electron chi connectivity index (χ0n) is 6.95. The first-order valence-corrected chi connectivity index (χ1v) is 3.34. The Hall–Kier alpha value is -0.540. The third kappa shape index (κ3) is 1.94. The first-order valence-electron chi connectivity index (χ1n) is 3.34. The Kier molecular flexibility index (Phi) is 3.55. The number of halogens is 1. The van der Waals surface area contributed by atoms with Gasteiger partial charge in [-0.3, -0.25) is 0 Å². The van der Waals surface area contributed by atoms with Crippen molar-refractivity contribution < 1.29 is 22.1 Å². The molecule has 0 fully saturated rings. The van der Waals surface area contributed by atoms with Crippen LogP contribution in [0.3, 0.4) is 0 Å². The lowest BCUT2D eigenvalue weighted by Gasteiger charge is -1.99. The zero-order valence-corrected chi connectivity index (χ0v) is 7.71. The molecule has 4 heteroatoms. The highest BCUT2D eigenvalue weighted by molar-refractivity contribution is 4.76. The van der Waals surface area contributed by atoms with E-state index in [1.54, 1.807) is 11.5 Å². The van der Waals surface area contributed by atoms with Gasteiger partial charge in [-0.05, 0) is 0 Å². The van der Waals surface area contributed by atoms with Crippen LogP contribution in [0.2, 0.25) is 0 Å². The zero-order chi connectivity index (χ0) is 7.72. The van der Waals surface area contributed by atoms with Crippen molar-refractivity contribution >= 4 is 0 Å². The number of rotatable bonds is 1. The molecule has 1 atom stereocenters. The third-order valence-corrected chi connectivity index (χ3v) is 1.74. The van der Waals surface area contributed by atoms with E-state index in [9.17, 15) is 0 Å². The summed E-state index contributed by atoms with van der Waals surface area (Å²) in [7, 11) is 1.95. The summed E-state index contributed by atoms with van der Waals surface area (Å²) < 4.78 is 3.77. The summed E-state index contributed by atoms with van der Waals surface area (Å²) in [6.07, 6.45) is 3.35. The smallest absolute Gasteiger partial charge is 0.255 e. The number of hydrogen-bond acceptors (Lipinski definition) is 1. The second-order valence-corrected chi connectivity index (χ2v) is 2.50. The number of hydrogen-bond donors (Lipinski definition) is 1. The van der Waals surface area contributed by atoms with E-state index in [1.165, 1.54) is 0 Å². The Bertz CT molecular complexity index is 232. The maximum Gasteiger partial charge on any atom is 0.255 e. The molecule has 0 aliphatic heterocycles. The van der Waals surface area contributed by atoms with Crippen LogP contribution in [0.25, 0.3) is 0 Å². The molecule has 1 unspecified atom stereocenters. The van der Waals surface area contributed by atoms with Crippen LogP contribution in [0, 0.1) is 6.92 Å². The van der Waals surface area contributed by atoms with E-state index in [4.69, 9.17) is 5.11 Å². The molecule has 0 aliphatic carbocycles. The summed E-state index contributed by atoms with van der Waals surface area (Å²) in [4.78, 5) is 0. The van der Waals surface area contributed by atoms with Gasteiger partial charge in [0.1, 0.15) is 12.4 Å².